The third-order valence-corrected chi connectivity index (χ3v) is 4.60. The van der Waals surface area contributed by atoms with Gasteiger partial charge in [0.15, 0.2) is 6.29 Å². The molecule has 2 fully saturated rings. The molecule has 0 saturated carbocycles. The number of rotatable bonds is 6. The Morgan fingerprint density at radius 2 is 2.05 bits per heavy atom. The molecule has 1 aromatic rings. The first-order valence-electron chi connectivity index (χ1n) is 8.14. The van der Waals surface area contributed by atoms with Gasteiger partial charge < -0.3 is 19.1 Å². The lowest BCUT2D eigenvalue weighted by molar-refractivity contribution is -0.0534. The van der Waals surface area contributed by atoms with Crippen LogP contribution >= 0.6 is 11.6 Å². The molecule has 1 aromatic carbocycles. The molecule has 1 atom stereocenters. The Labute approximate surface area is 137 Å². The van der Waals surface area contributed by atoms with Crippen molar-refractivity contribution in [1.82, 2.24) is 4.90 Å². The molecule has 0 amide bonds. The van der Waals surface area contributed by atoms with Crippen LogP contribution in [-0.2, 0) is 9.47 Å². The SMILES string of the molecule is Clc1ccccc1OCC1CCCN(CCC2OCCO2)C1. The predicted molar refractivity (Wildman–Crippen MR) is 86.4 cm³/mol. The van der Waals surface area contributed by atoms with Crippen molar-refractivity contribution in [1.29, 1.82) is 0 Å². The summed E-state index contributed by atoms with van der Waals surface area (Å²) >= 11 is 6.13. The maximum Gasteiger partial charge on any atom is 0.159 e. The number of benzene rings is 1. The van der Waals surface area contributed by atoms with Gasteiger partial charge >= 0.3 is 0 Å². The topological polar surface area (TPSA) is 30.9 Å². The zero-order chi connectivity index (χ0) is 15.2. The quantitative estimate of drug-likeness (QED) is 0.803. The highest BCUT2D eigenvalue weighted by Crippen LogP contribution is 2.25. The van der Waals surface area contributed by atoms with E-state index < -0.39 is 0 Å². The summed E-state index contributed by atoms with van der Waals surface area (Å²) in [5.41, 5.74) is 0. The van der Waals surface area contributed by atoms with Crippen molar-refractivity contribution >= 4 is 11.6 Å². The molecule has 0 bridgehead atoms. The van der Waals surface area contributed by atoms with Gasteiger partial charge in [-0.3, -0.25) is 0 Å². The molecule has 22 heavy (non-hydrogen) atoms. The van der Waals surface area contributed by atoms with Crippen LogP contribution in [0.4, 0.5) is 0 Å². The Bertz CT molecular complexity index is 465. The van der Waals surface area contributed by atoms with Gasteiger partial charge in [0.2, 0.25) is 0 Å². The lowest BCUT2D eigenvalue weighted by Crippen LogP contribution is -2.39. The van der Waals surface area contributed by atoms with E-state index in [9.17, 15) is 0 Å². The van der Waals surface area contributed by atoms with Gasteiger partial charge in [0.05, 0.1) is 24.8 Å². The number of nitrogens with zero attached hydrogens (tertiary/aromatic N) is 1. The van der Waals surface area contributed by atoms with E-state index in [1.807, 2.05) is 24.3 Å². The second-order valence-electron chi connectivity index (χ2n) is 6.01. The number of hydrogen-bond acceptors (Lipinski definition) is 4. The second-order valence-corrected chi connectivity index (χ2v) is 6.42. The average molecular weight is 326 g/mol. The van der Waals surface area contributed by atoms with E-state index in [0.29, 0.717) is 10.9 Å². The third-order valence-electron chi connectivity index (χ3n) is 4.29. The van der Waals surface area contributed by atoms with Crippen LogP contribution in [0.1, 0.15) is 19.3 Å². The predicted octanol–water partition coefficient (Wildman–Crippen LogP) is 3.19. The summed E-state index contributed by atoms with van der Waals surface area (Å²) in [7, 11) is 0. The van der Waals surface area contributed by atoms with E-state index in [-0.39, 0.29) is 6.29 Å². The van der Waals surface area contributed by atoms with Gasteiger partial charge in [-0.1, -0.05) is 23.7 Å². The molecule has 2 saturated heterocycles. The van der Waals surface area contributed by atoms with Gasteiger partial charge in [-0.05, 0) is 31.5 Å². The molecule has 2 aliphatic heterocycles. The lowest BCUT2D eigenvalue weighted by Gasteiger charge is -2.33. The molecule has 1 unspecified atom stereocenters. The van der Waals surface area contributed by atoms with Crippen molar-refractivity contribution in [2.75, 3.05) is 39.5 Å². The van der Waals surface area contributed by atoms with Gasteiger partial charge in [-0.15, -0.1) is 0 Å². The molecule has 5 heteroatoms. The highest BCUT2D eigenvalue weighted by atomic mass is 35.5. The van der Waals surface area contributed by atoms with Gasteiger partial charge in [0.25, 0.3) is 0 Å². The maximum absolute atomic E-state index is 6.13. The van der Waals surface area contributed by atoms with Crippen molar-refractivity contribution in [2.24, 2.45) is 5.92 Å². The van der Waals surface area contributed by atoms with Gasteiger partial charge in [-0.2, -0.15) is 0 Å². The van der Waals surface area contributed by atoms with Crippen LogP contribution in [0.5, 0.6) is 5.75 Å². The largest absolute Gasteiger partial charge is 0.492 e. The van der Waals surface area contributed by atoms with Crippen molar-refractivity contribution in [3.05, 3.63) is 29.3 Å². The van der Waals surface area contributed by atoms with Crippen LogP contribution in [0.3, 0.4) is 0 Å². The van der Waals surface area contributed by atoms with Gasteiger partial charge in [-0.25, -0.2) is 0 Å². The highest BCUT2D eigenvalue weighted by Gasteiger charge is 2.23. The smallest absolute Gasteiger partial charge is 0.159 e. The van der Waals surface area contributed by atoms with E-state index in [0.717, 1.165) is 51.6 Å². The molecule has 2 heterocycles. The Morgan fingerprint density at radius 1 is 1.23 bits per heavy atom. The van der Waals surface area contributed by atoms with Crippen LogP contribution in [0.25, 0.3) is 0 Å². The minimum Gasteiger partial charge on any atom is -0.492 e. The summed E-state index contributed by atoms with van der Waals surface area (Å²) in [5.74, 6) is 1.35. The molecule has 0 N–H and O–H groups in total. The zero-order valence-corrected chi connectivity index (χ0v) is 13.6. The van der Waals surface area contributed by atoms with Gasteiger partial charge in [0, 0.05) is 25.4 Å². The van der Waals surface area contributed by atoms with Crippen molar-refractivity contribution < 1.29 is 14.2 Å². The van der Waals surface area contributed by atoms with Crippen LogP contribution in [-0.4, -0.2) is 50.6 Å². The number of likely N-dealkylation sites (tertiary alicyclic amines) is 1. The second kappa shape index (κ2) is 8.16. The van der Waals surface area contributed by atoms with Crippen LogP contribution in [0.15, 0.2) is 24.3 Å². The molecule has 2 aliphatic rings. The van der Waals surface area contributed by atoms with E-state index >= 15 is 0 Å². The summed E-state index contributed by atoms with van der Waals surface area (Å²) in [6, 6.07) is 7.67. The number of piperidine rings is 1. The summed E-state index contributed by atoms with van der Waals surface area (Å²) < 4.78 is 16.9. The number of hydrogen-bond donors (Lipinski definition) is 0. The molecule has 122 valence electrons. The summed E-state index contributed by atoms with van der Waals surface area (Å²) in [6.45, 7) is 5.48. The first-order valence-corrected chi connectivity index (χ1v) is 8.52. The standard InChI is InChI=1S/C17H24ClNO3/c18-15-5-1-2-6-16(15)22-13-14-4-3-8-19(12-14)9-7-17-20-10-11-21-17/h1-2,5-6,14,17H,3-4,7-13H2. The molecule has 0 radical (unpaired) electrons. The van der Waals surface area contributed by atoms with Crippen molar-refractivity contribution in [3.63, 3.8) is 0 Å². The Kier molecular flexibility index (Phi) is 5.96. The van der Waals surface area contributed by atoms with Gasteiger partial charge in [0.1, 0.15) is 5.75 Å². The van der Waals surface area contributed by atoms with E-state index in [1.54, 1.807) is 0 Å². The van der Waals surface area contributed by atoms with Crippen LogP contribution < -0.4 is 4.74 Å². The first-order chi connectivity index (χ1) is 10.8. The summed E-state index contributed by atoms with van der Waals surface area (Å²) in [4.78, 5) is 2.50. The van der Waals surface area contributed by atoms with Crippen molar-refractivity contribution in [3.8, 4) is 5.75 Å². The molecule has 0 aliphatic carbocycles. The fraction of sp³-hybridized carbons (Fsp3) is 0.647. The van der Waals surface area contributed by atoms with E-state index in [2.05, 4.69) is 4.90 Å². The molecule has 4 nitrogen and oxygen atoms in total. The molecular formula is C17H24ClNO3. The average Bonchev–Trinajstić information content (AvgIpc) is 3.06. The summed E-state index contributed by atoms with van der Waals surface area (Å²) in [6.07, 6.45) is 3.40. The molecule has 0 spiro atoms. The van der Waals surface area contributed by atoms with E-state index in [1.165, 1.54) is 12.8 Å². The summed E-state index contributed by atoms with van der Waals surface area (Å²) in [5, 5.41) is 0.686. The Balaban J connectivity index is 1.41. The minimum absolute atomic E-state index is 0.000230. The minimum atomic E-state index is -0.000230. The van der Waals surface area contributed by atoms with Crippen LogP contribution in [0.2, 0.25) is 5.02 Å². The number of ether oxygens (including phenoxy) is 3. The fourth-order valence-corrected chi connectivity index (χ4v) is 3.31. The lowest BCUT2D eigenvalue weighted by atomic mass is 9.99. The fourth-order valence-electron chi connectivity index (χ4n) is 3.12. The van der Waals surface area contributed by atoms with Crippen LogP contribution in [0, 0.1) is 5.92 Å². The molecular weight excluding hydrogens is 302 g/mol. The first kappa shape index (κ1) is 16.1. The zero-order valence-electron chi connectivity index (χ0n) is 12.9. The molecule has 3 rings (SSSR count). The van der Waals surface area contributed by atoms with E-state index in [4.69, 9.17) is 25.8 Å². The normalized spacial score (nSPS) is 23.8. The Morgan fingerprint density at radius 3 is 2.86 bits per heavy atom. The van der Waals surface area contributed by atoms with Crippen molar-refractivity contribution in [2.45, 2.75) is 25.6 Å². The highest BCUT2D eigenvalue weighted by molar-refractivity contribution is 6.32. The third kappa shape index (κ3) is 4.59. The number of halogens is 1. The maximum atomic E-state index is 6.13. The Hall–Kier alpha value is -0.810. The number of para-hydroxylation sites is 1. The monoisotopic (exact) mass is 325 g/mol. The molecule has 0 aromatic heterocycles.